The van der Waals surface area contributed by atoms with Crippen LogP contribution in [-0.4, -0.2) is 5.78 Å². The standard InChI is InChI=1S/C10H16O/c1-8(2)6-10(11)7-9-4-3-5-9/h9H,1,3-7H2,2H3. The molecule has 0 unspecified atom stereocenters. The molecule has 0 bridgehead atoms. The van der Waals surface area contributed by atoms with Gasteiger partial charge in [-0.15, -0.1) is 0 Å². The third-order valence-electron chi connectivity index (χ3n) is 2.24. The van der Waals surface area contributed by atoms with Crippen LogP contribution in [0.2, 0.25) is 0 Å². The zero-order valence-corrected chi connectivity index (χ0v) is 7.23. The van der Waals surface area contributed by atoms with Crippen molar-refractivity contribution in [1.29, 1.82) is 0 Å². The highest BCUT2D eigenvalue weighted by atomic mass is 16.1. The number of rotatable bonds is 4. The summed E-state index contributed by atoms with van der Waals surface area (Å²) in [5.41, 5.74) is 0.995. The lowest BCUT2D eigenvalue weighted by atomic mass is 9.81. The summed E-state index contributed by atoms with van der Waals surface area (Å²) >= 11 is 0. The zero-order valence-electron chi connectivity index (χ0n) is 7.23. The molecule has 0 saturated heterocycles. The van der Waals surface area contributed by atoms with Crippen LogP contribution in [0.4, 0.5) is 0 Å². The molecule has 0 N–H and O–H groups in total. The third kappa shape index (κ3) is 2.87. The van der Waals surface area contributed by atoms with Gasteiger partial charge in [0.05, 0.1) is 0 Å². The fourth-order valence-corrected chi connectivity index (χ4v) is 1.43. The van der Waals surface area contributed by atoms with Crippen molar-refractivity contribution in [2.45, 2.75) is 39.0 Å². The van der Waals surface area contributed by atoms with E-state index in [4.69, 9.17) is 0 Å². The maximum Gasteiger partial charge on any atom is 0.137 e. The summed E-state index contributed by atoms with van der Waals surface area (Å²) in [6, 6.07) is 0. The average molecular weight is 152 g/mol. The van der Waals surface area contributed by atoms with Crippen LogP contribution in [0.3, 0.4) is 0 Å². The molecular formula is C10H16O. The van der Waals surface area contributed by atoms with Crippen LogP contribution in [-0.2, 0) is 4.79 Å². The van der Waals surface area contributed by atoms with Crippen molar-refractivity contribution in [3.8, 4) is 0 Å². The van der Waals surface area contributed by atoms with E-state index in [-0.39, 0.29) is 0 Å². The number of Topliss-reactive ketones (excluding diaryl/α,β-unsaturated/α-hetero) is 1. The largest absolute Gasteiger partial charge is 0.299 e. The molecule has 1 saturated carbocycles. The summed E-state index contributed by atoms with van der Waals surface area (Å²) in [5, 5.41) is 0. The third-order valence-corrected chi connectivity index (χ3v) is 2.24. The number of ketones is 1. The van der Waals surface area contributed by atoms with Gasteiger partial charge in [0.1, 0.15) is 5.78 Å². The smallest absolute Gasteiger partial charge is 0.137 e. The van der Waals surface area contributed by atoms with Crippen molar-refractivity contribution >= 4 is 5.78 Å². The maximum atomic E-state index is 11.2. The van der Waals surface area contributed by atoms with E-state index < -0.39 is 0 Å². The van der Waals surface area contributed by atoms with E-state index in [1.54, 1.807) is 0 Å². The van der Waals surface area contributed by atoms with Crippen molar-refractivity contribution in [2.24, 2.45) is 5.92 Å². The molecule has 0 atom stereocenters. The van der Waals surface area contributed by atoms with Crippen molar-refractivity contribution < 1.29 is 4.79 Å². The molecule has 1 aliphatic rings. The van der Waals surface area contributed by atoms with Crippen LogP contribution in [0, 0.1) is 5.92 Å². The quantitative estimate of drug-likeness (QED) is 0.566. The highest BCUT2D eigenvalue weighted by molar-refractivity contribution is 5.80. The minimum Gasteiger partial charge on any atom is -0.299 e. The van der Waals surface area contributed by atoms with Crippen molar-refractivity contribution in [2.75, 3.05) is 0 Å². The van der Waals surface area contributed by atoms with Gasteiger partial charge in [-0.2, -0.15) is 0 Å². The summed E-state index contributed by atoms with van der Waals surface area (Å²) in [5.74, 6) is 1.09. The number of hydrogen-bond acceptors (Lipinski definition) is 1. The second-order valence-electron chi connectivity index (χ2n) is 3.67. The Morgan fingerprint density at radius 3 is 2.55 bits per heavy atom. The molecule has 0 aromatic rings. The van der Waals surface area contributed by atoms with Gasteiger partial charge in [-0.25, -0.2) is 0 Å². The zero-order chi connectivity index (χ0) is 8.27. The van der Waals surface area contributed by atoms with E-state index in [0.717, 1.165) is 12.0 Å². The predicted octanol–water partition coefficient (Wildman–Crippen LogP) is 2.71. The van der Waals surface area contributed by atoms with Crippen LogP contribution in [0.5, 0.6) is 0 Å². The van der Waals surface area contributed by atoms with Gasteiger partial charge >= 0.3 is 0 Å². The number of carbonyl (C=O) groups excluding carboxylic acids is 1. The molecule has 0 aliphatic heterocycles. The molecule has 0 spiro atoms. The first-order chi connectivity index (χ1) is 5.18. The SMILES string of the molecule is C=C(C)CC(=O)CC1CCC1. The lowest BCUT2D eigenvalue weighted by Crippen LogP contribution is -2.15. The van der Waals surface area contributed by atoms with Gasteiger partial charge in [0.25, 0.3) is 0 Å². The van der Waals surface area contributed by atoms with Crippen LogP contribution in [0.25, 0.3) is 0 Å². The Bertz CT molecular complexity index is 166. The number of hydrogen-bond donors (Lipinski definition) is 0. The van der Waals surface area contributed by atoms with Gasteiger partial charge in [-0.1, -0.05) is 31.4 Å². The molecule has 0 heterocycles. The second kappa shape index (κ2) is 3.70. The van der Waals surface area contributed by atoms with Crippen LogP contribution >= 0.6 is 0 Å². The number of allylic oxidation sites excluding steroid dienone is 1. The van der Waals surface area contributed by atoms with E-state index in [9.17, 15) is 4.79 Å². The Hall–Kier alpha value is -0.590. The fraction of sp³-hybridized carbons (Fsp3) is 0.700. The first-order valence-electron chi connectivity index (χ1n) is 4.34. The molecule has 11 heavy (non-hydrogen) atoms. The van der Waals surface area contributed by atoms with E-state index in [1.807, 2.05) is 6.92 Å². The molecule has 1 heteroatoms. The van der Waals surface area contributed by atoms with Gasteiger partial charge in [0.15, 0.2) is 0 Å². The van der Waals surface area contributed by atoms with E-state index in [0.29, 0.717) is 18.1 Å². The van der Waals surface area contributed by atoms with E-state index in [2.05, 4.69) is 6.58 Å². The Morgan fingerprint density at radius 1 is 1.55 bits per heavy atom. The highest BCUT2D eigenvalue weighted by Gasteiger charge is 2.20. The molecular weight excluding hydrogens is 136 g/mol. The fourth-order valence-electron chi connectivity index (χ4n) is 1.43. The molecule has 0 radical (unpaired) electrons. The first-order valence-corrected chi connectivity index (χ1v) is 4.34. The molecule has 62 valence electrons. The van der Waals surface area contributed by atoms with Gasteiger partial charge in [-0.05, 0) is 12.8 Å². The molecule has 1 rings (SSSR count). The summed E-state index contributed by atoms with van der Waals surface area (Å²) in [4.78, 5) is 11.2. The normalized spacial score (nSPS) is 17.5. The topological polar surface area (TPSA) is 17.1 Å². The van der Waals surface area contributed by atoms with Gasteiger partial charge in [0, 0.05) is 12.8 Å². The van der Waals surface area contributed by atoms with Gasteiger partial charge < -0.3 is 0 Å². The molecule has 0 amide bonds. The lowest BCUT2D eigenvalue weighted by Gasteiger charge is -2.24. The number of carbonyl (C=O) groups is 1. The summed E-state index contributed by atoms with van der Waals surface area (Å²) < 4.78 is 0. The predicted molar refractivity (Wildman–Crippen MR) is 46.4 cm³/mol. The second-order valence-corrected chi connectivity index (χ2v) is 3.67. The average Bonchev–Trinajstić information content (AvgIpc) is 1.77. The Balaban J connectivity index is 2.14. The summed E-state index contributed by atoms with van der Waals surface area (Å²) in [7, 11) is 0. The Labute approximate surface area is 68.5 Å². The monoisotopic (exact) mass is 152 g/mol. The van der Waals surface area contributed by atoms with Crippen molar-refractivity contribution in [1.82, 2.24) is 0 Å². The van der Waals surface area contributed by atoms with Gasteiger partial charge in [-0.3, -0.25) is 4.79 Å². The molecule has 1 aliphatic carbocycles. The van der Waals surface area contributed by atoms with E-state index >= 15 is 0 Å². The molecule has 0 aromatic carbocycles. The van der Waals surface area contributed by atoms with Crippen LogP contribution in [0.15, 0.2) is 12.2 Å². The Kier molecular flexibility index (Phi) is 2.86. The van der Waals surface area contributed by atoms with E-state index in [1.165, 1.54) is 19.3 Å². The highest BCUT2D eigenvalue weighted by Crippen LogP contribution is 2.30. The minimum absolute atomic E-state index is 0.377. The van der Waals surface area contributed by atoms with Crippen LogP contribution < -0.4 is 0 Å². The van der Waals surface area contributed by atoms with Crippen molar-refractivity contribution in [3.05, 3.63) is 12.2 Å². The minimum atomic E-state index is 0.377. The first kappa shape index (κ1) is 8.51. The molecule has 1 nitrogen and oxygen atoms in total. The summed E-state index contributed by atoms with van der Waals surface area (Å²) in [6.07, 6.45) is 5.25. The van der Waals surface area contributed by atoms with Gasteiger partial charge in [0.2, 0.25) is 0 Å². The molecule has 1 fully saturated rings. The van der Waals surface area contributed by atoms with Crippen LogP contribution in [0.1, 0.15) is 39.0 Å². The molecule has 0 aromatic heterocycles. The lowest BCUT2D eigenvalue weighted by molar-refractivity contribution is -0.119. The summed E-state index contributed by atoms with van der Waals surface area (Å²) in [6.45, 7) is 5.64. The Morgan fingerprint density at radius 2 is 2.18 bits per heavy atom. The van der Waals surface area contributed by atoms with Crippen molar-refractivity contribution in [3.63, 3.8) is 0 Å². The maximum absolute atomic E-state index is 11.2.